The molecule has 0 aliphatic carbocycles. The predicted octanol–water partition coefficient (Wildman–Crippen LogP) is 1.94. The van der Waals surface area contributed by atoms with Gasteiger partial charge in [0.15, 0.2) is 15.6 Å². The molecule has 4 nitrogen and oxygen atoms in total. The molecule has 0 bridgehead atoms. The summed E-state index contributed by atoms with van der Waals surface area (Å²) in [5.74, 6) is -1.57. The predicted molar refractivity (Wildman–Crippen MR) is 60.5 cm³/mol. The fourth-order valence-electron chi connectivity index (χ4n) is 1.01. The van der Waals surface area contributed by atoms with E-state index in [4.69, 9.17) is 23.2 Å². The Hall–Kier alpha value is -0.780. The van der Waals surface area contributed by atoms with E-state index in [1.807, 2.05) is 0 Å². The Morgan fingerprint density at radius 2 is 1.75 bits per heavy atom. The Morgan fingerprint density at radius 3 is 2.19 bits per heavy atom. The summed E-state index contributed by atoms with van der Waals surface area (Å²) < 4.78 is 27.7. The first-order valence-electron chi connectivity index (χ1n) is 4.11. The van der Waals surface area contributed by atoms with E-state index in [1.165, 1.54) is 18.2 Å². The molecule has 0 fully saturated rings. The Balaban J connectivity index is 3.12. The number of esters is 1. The van der Waals surface area contributed by atoms with Crippen LogP contribution in [0.3, 0.4) is 0 Å². The molecular weight excluding hydrogens is 275 g/mol. The second-order valence-electron chi connectivity index (χ2n) is 2.94. The quantitative estimate of drug-likeness (QED) is 0.795. The van der Waals surface area contributed by atoms with Gasteiger partial charge in [-0.1, -0.05) is 23.2 Å². The van der Waals surface area contributed by atoms with Crippen molar-refractivity contribution < 1.29 is 17.9 Å². The fraction of sp³-hybridized carbons (Fsp3) is 0.222. The molecule has 0 radical (unpaired) electrons. The molecule has 7 heteroatoms. The summed E-state index contributed by atoms with van der Waals surface area (Å²) in [6.45, 7) is 0. The van der Waals surface area contributed by atoms with E-state index in [-0.39, 0.29) is 14.9 Å². The van der Waals surface area contributed by atoms with E-state index in [1.54, 1.807) is 0 Å². The van der Waals surface area contributed by atoms with E-state index in [2.05, 4.69) is 4.74 Å². The molecule has 88 valence electrons. The highest BCUT2D eigenvalue weighted by Gasteiger charge is 2.20. The van der Waals surface area contributed by atoms with Gasteiger partial charge in [-0.2, -0.15) is 0 Å². The number of rotatable bonds is 3. The highest BCUT2D eigenvalue weighted by atomic mass is 35.5. The first-order chi connectivity index (χ1) is 7.35. The summed E-state index contributed by atoms with van der Waals surface area (Å²) in [6, 6.07) is 3.86. The lowest BCUT2D eigenvalue weighted by Gasteiger charge is -2.04. The van der Waals surface area contributed by atoms with Gasteiger partial charge in [0.25, 0.3) is 0 Å². The molecule has 0 aliphatic heterocycles. The van der Waals surface area contributed by atoms with Gasteiger partial charge in [-0.25, -0.2) is 8.42 Å². The molecule has 16 heavy (non-hydrogen) atoms. The topological polar surface area (TPSA) is 60.4 Å². The molecule has 0 N–H and O–H groups in total. The van der Waals surface area contributed by atoms with Crippen molar-refractivity contribution in [2.75, 3.05) is 12.9 Å². The largest absolute Gasteiger partial charge is 0.468 e. The van der Waals surface area contributed by atoms with Gasteiger partial charge in [0.1, 0.15) is 0 Å². The van der Waals surface area contributed by atoms with Crippen LogP contribution in [-0.2, 0) is 19.4 Å². The Labute approximate surface area is 103 Å². The summed E-state index contributed by atoms with van der Waals surface area (Å²) >= 11 is 11.3. The first kappa shape index (κ1) is 13.3. The maximum absolute atomic E-state index is 11.7. The van der Waals surface area contributed by atoms with Crippen molar-refractivity contribution in [1.29, 1.82) is 0 Å². The van der Waals surface area contributed by atoms with Crippen molar-refractivity contribution in [3.63, 3.8) is 0 Å². The van der Waals surface area contributed by atoms with Gasteiger partial charge in [0.2, 0.25) is 0 Å². The number of methoxy groups -OCH3 is 1. The lowest BCUT2D eigenvalue weighted by molar-refractivity contribution is -0.137. The smallest absolute Gasteiger partial charge is 0.321 e. The zero-order chi connectivity index (χ0) is 12.3. The minimum absolute atomic E-state index is 0.101. The molecule has 0 heterocycles. The number of carbonyl (C=O) groups is 1. The molecule has 0 atom stereocenters. The molecule has 1 aromatic rings. The summed E-state index contributed by atoms with van der Waals surface area (Å²) in [5.41, 5.74) is 0. The van der Waals surface area contributed by atoms with Gasteiger partial charge >= 0.3 is 5.97 Å². The number of ether oxygens (including phenoxy) is 1. The molecule has 0 aliphatic rings. The third-order valence-corrected chi connectivity index (χ3v) is 3.74. The third-order valence-electron chi connectivity index (χ3n) is 1.73. The van der Waals surface area contributed by atoms with Crippen molar-refractivity contribution in [2.45, 2.75) is 4.90 Å². The van der Waals surface area contributed by atoms with Crippen LogP contribution in [0, 0.1) is 0 Å². The van der Waals surface area contributed by atoms with Crippen LogP contribution in [0.25, 0.3) is 0 Å². The molecule has 0 saturated carbocycles. The highest BCUT2D eigenvalue weighted by molar-refractivity contribution is 7.92. The first-order valence-corrected chi connectivity index (χ1v) is 6.51. The zero-order valence-electron chi connectivity index (χ0n) is 8.24. The maximum Gasteiger partial charge on any atom is 0.321 e. The number of benzene rings is 1. The highest BCUT2D eigenvalue weighted by Crippen LogP contribution is 2.23. The standard InChI is InChI=1S/C9H8Cl2O4S/c1-15-9(12)5-16(13,14)8-3-6(10)2-7(11)4-8/h2-4H,5H2,1H3. The van der Waals surface area contributed by atoms with E-state index in [0.29, 0.717) is 0 Å². The Kier molecular flexibility index (Phi) is 4.18. The van der Waals surface area contributed by atoms with Gasteiger partial charge in [-0.15, -0.1) is 0 Å². The summed E-state index contributed by atoms with van der Waals surface area (Å²) in [7, 11) is -2.65. The van der Waals surface area contributed by atoms with E-state index in [9.17, 15) is 13.2 Å². The van der Waals surface area contributed by atoms with Crippen molar-refractivity contribution >= 4 is 39.0 Å². The molecule has 0 unspecified atom stereocenters. The minimum Gasteiger partial charge on any atom is -0.468 e. The van der Waals surface area contributed by atoms with Crippen LogP contribution < -0.4 is 0 Å². The van der Waals surface area contributed by atoms with Crippen LogP contribution in [0.5, 0.6) is 0 Å². The molecule has 1 rings (SSSR count). The van der Waals surface area contributed by atoms with Crippen molar-refractivity contribution in [3.05, 3.63) is 28.2 Å². The van der Waals surface area contributed by atoms with E-state index in [0.717, 1.165) is 7.11 Å². The van der Waals surface area contributed by atoms with Gasteiger partial charge < -0.3 is 4.74 Å². The van der Waals surface area contributed by atoms with Gasteiger partial charge in [-0.3, -0.25) is 4.79 Å². The SMILES string of the molecule is COC(=O)CS(=O)(=O)c1cc(Cl)cc(Cl)c1. The number of halogens is 2. The van der Waals surface area contributed by atoms with Crippen LogP contribution >= 0.6 is 23.2 Å². The second-order valence-corrected chi connectivity index (χ2v) is 5.80. The molecule has 0 aromatic heterocycles. The maximum atomic E-state index is 11.7. The molecular formula is C9H8Cl2O4S. The van der Waals surface area contributed by atoms with Crippen molar-refractivity contribution in [3.8, 4) is 0 Å². The van der Waals surface area contributed by atoms with Crippen molar-refractivity contribution in [1.82, 2.24) is 0 Å². The van der Waals surface area contributed by atoms with Gasteiger partial charge in [0.05, 0.1) is 12.0 Å². The summed E-state index contributed by atoms with van der Waals surface area (Å²) in [5, 5.41) is 0.381. The van der Waals surface area contributed by atoms with Gasteiger partial charge in [0, 0.05) is 10.0 Å². The fourth-order valence-corrected chi connectivity index (χ4v) is 2.87. The summed E-state index contributed by atoms with van der Waals surface area (Å²) in [6.07, 6.45) is 0. The number of hydrogen-bond donors (Lipinski definition) is 0. The van der Waals surface area contributed by atoms with Crippen molar-refractivity contribution in [2.24, 2.45) is 0 Å². The van der Waals surface area contributed by atoms with E-state index < -0.39 is 21.6 Å². The minimum atomic E-state index is -3.76. The van der Waals surface area contributed by atoms with Crippen LogP contribution in [0.1, 0.15) is 0 Å². The van der Waals surface area contributed by atoms with Crippen LogP contribution in [0.4, 0.5) is 0 Å². The molecule has 0 saturated heterocycles. The van der Waals surface area contributed by atoms with Crippen LogP contribution in [-0.4, -0.2) is 27.2 Å². The Bertz CT molecular complexity index is 490. The average molecular weight is 283 g/mol. The summed E-state index contributed by atoms with van der Waals surface area (Å²) in [4.78, 5) is 10.8. The Morgan fingerprint density at radius 1 is 1.25 bits per heavy atom. The van der Waals surface area contributed by atoms with Crippen LogP contribution in [0.15, 0.2) is 23.1 Å². The zero-order valence-corrected chi connectivity index (χ0v) is 10.6. The lowest BCUT2D eigenvalue weighted by Crippen LogP contribution is -2.17. The number of hydrogen-bond acceptors (Lipinski definition) is 4. The monoisotopic (exact) mass is 282 g/mol. The van der Waals surface area contributed by atoms with E-state index >= 15 is 0 Å². The molecule has 0 spiro atoms. The van der Waals surface area contributed by atoms with Gasteiger partial charge in [-0.05, 0) is 18.2 Å². The molecule has 0 amide bonds. The third kappa shape index (κ3) is 3.37. The number of sulfone groups is 1. The second kappa shape index (κ2) is 5.03. The van der Waals surface area contributed by atoms with Crippen LogP contribution in [0.2, 0.25) is 10.0 Å². The average Bonchev–Trinajstić information content (AvgIpc) is 2.15. The molecule has 1 aromatic carbocycles. The normalized spacial score (nSPS) is 11.2. The number of carbonyl (C=O) groups excluding carboxylic acids is 1. The lowest BCUT2D eigenvalue weighted by atomic mass is 10.4.